The standard InChI is InChI=1S/C12H26N4/c1-8(2)11(9(3)4)7-14-12(16-13)15-10-5-6-10/h8-11H,5-7,13H2,1-4H3,(H2,14,15,16). The number of hydrogen-bond acceptors (Lipinski definition) is 2. The van der Waals surface area contributed by atoms with Gasteiger partial charge in [0.25, 0.3) is 0 Å². The Morgan fingerprint density at radius 1 is 1.25 bits per heavy atom. The molecule has 0 heterocycles. The van der Waals surface area contributed by atoms with Gasteiger partial charge >= 0.3 is 0 Å². The first-order valence-electron chi connectivity index (χ1n) is 6.32. The maximum absolute atomic E-state index is 5.44. The second-order valence-electron chi connectivity index (χ2n) is 5.40. The second-order valence-corrected chi connectivity index (χ2v) is 5.40. The van der Waals surface area contributed by atoms with Gasteiger partial charge in [-0.15, -0.1) is 0 Å². The molecule has 4 N–H and O–H groups in total. The largest absolute Gasteiger partial charge is 0.353 e. The van der Waals surface area contributed by atoms with Crippen molar-refractivity contribution in [1.29, 1.82) is 0 Å². The number of rotatable bonds is 5. The van der Waals surface area contributed by atoms with Crippen molar-refractivity contribution in [2.24, 2.45) is 28.6 Å². The molecule has 0 aliphatic heterocycles. The van der Waals surface area contributed by atoms with Crippen molar-refractivity contribution in [3.63, 3.8) is 0 Å². The Morgan fingerprint density at radius 2 is 1.81 bits per heavy atom. The molecule has 0 radical (unpaired) electrons. The zero-order valence-electron chi connectivity index (χ0n) is 11.0. The second kappa shape index (κ2) is 6.09. The summed E-state index contributed by atoms with van der Waals surface area (Å²) in [5.41, 5.74) is 2.65. The van der Waals surface area contributed by atoms with Gasteiger partial charge in [-0.1, -0.05) is 27.7 Å². The van der Waals surface area contributed by atoms with Crippen molar-refractivity contribution >= 4 is 5.96 Å². The predicted octanol–water partition coefficient (Wildman–Crippen LogP) is 1.49. The smallest absolute Gasteiger partial charge is 0.205 e. The van der Waals surface area contributed by atoms with Gasteiger partial charge in [0.2, 0.25) is 5.96 Å². The summed E-state index contributed by atoms with van der Waals surface area (Å²) in [6.45, 7) is 9.86. The van der Waals surface area contributed by atoms with Gasteiger partial charge in [-0.25, -0.2) is 5.84 Å². The summed E-state index contributed by atoms with van der Waals surface area (Å²) < 4.78 is 0. The van der Waals surface area contributed by atoms with Crippen molar-refractivity contribution in [3.05, 3.63) is 0 Å². The quantitative estimate of drug-likeness (QED) is 0.288. The molecule has 0 bridgehead atoms. The summed E-state index contributed by atoms with van der Waals surface area (Å²) in [6, 6.07) is 0.589. The van der Waals surface area contributed by atoms with Crippen LogP contribution in [0.15, 0.2) is 4.99 Å². The molecule has 1 aliphatic carbocycles. The van der Waals surface area contributed by atoms with Gasteiger partial charge in [-0.2, -0.15) is 0 Å². The maximum Gasteiger partial charge on any atom is 0.205 e. The van der Waals surface area contributed by atoms with Gasteiger partial charge < -0.3 is 5.32 Å². The van der Waals surface area contributed by atoms with Crippen molar-refractivity contribution in [2.75, 3.05) is 6.54 Å². The van der Waals surface area contributed by atoms with E-state index in [2.05, 4.69) is 43.4 Å². The number of guanidine groups is 1. The molecular weight excluding hydrogens is 200 g/mol. The Labute approximate surface area is 99.1 Å². The van der Waals surface area contributed by atoms with E-state index in [1.54, 1.807) is 0 Å². The highest BCUT2D eigenvalue weighted by Crippen LogP contribution is 2.21. The van der Waals surface area contributed by atoms with Gasteiger partial charge in [-0.05, 0) is 30.6 Å². The number of hydrazine groups is 1. The zero-order valence-corrected chi connectivity index (χ0v) is 11.0. The summed E-state index contributed by atoms with van der Waals surface area (Å²) in [5, 5.41) is 3.29. The van der Waals surface area contributed by atoms with E-state index in [9.17, 15) is 0 Å². The Kier molecular flexibility index (Phi) is 5.06. The van der Waals surface area contributed by atoms with Gasteiger partial charge in [0.05, 0.1) is 0 Å². The first kappa shape index (κ1) is 13.3. The number of hydrogen-bond donors (Lipinski definition) is 3. The molecule has 16 heavy (non-hydrogen) atoms. The van der Waals surface area contributed by atoms with Gasteiger partial charge in [-0.3, -0.25) is 10.4 Å². The first-order chi connectivity index (χ1) is 7.54. The van der Waals surface area contributed by atoms with E-state index in [0.717, 1.165) is 12.5 Å². The lowest BCUT2D eigenvalue weighted by atomic mass is 9.86. The molecule has 0 aromatic heterocycles. The van der Waals surface area contributed by atoms with Gasteiger partial charge in [0.1, 0.15) is 0 Å². The van der Waals surface area contributed by atoms with E-state index < -0.39 is 0 Å². The molecule has 0 amide bonds. The summed E-state index contributed by atoms with van der Waals surface area (Å²) in [7, 11) is 0. The van der Waals surface area contributed by atoms with Gasteiger partial charge in [0.15, 0.2) is 0 Å². The lowest BCUT2D eigenvalue weighted by Crippen LogP contribution is -2.43. The Balaban J connectivity index is 2.45. The maximum atomic E-state index is 5.44. The molecule has 1 rings (SSSR count). The van der Waals surface area contributed by atoms with Crippen LogP contribution in [0.5, 0.6) is 0 Å². The fourth-order valence-corrected chi connectivity index (χ4v) is 1.94. The van der Waals surface area contributed by atoms with Gasteiger partial charge in [0, 0.05) is 12.6 Å². The minimum atomic E-state index is 0.589. The van der Waals surface area contributed by atoms with Crippen LogP contribution in [0.25, 0.3) is 0 Å². The predicted molar refractivity (Wildman–Crippen MR) is 68.9 cm³/mol. The summed E-state index contributed by atoms with van der Waals surface area (Å²) in [5.74, 6) is 8.12. The van der Waals surface area contributed by atoms with E-state index in [0.29, 0.717) is 23.8 Å². The number of nitrogens with one attached hydrogen (secondary N) is 2. The third kappa shape index (κ3) is 4.39. The highest BCUT2D eigenvalue weighted by Gasteiger charge is 2.22. The average molecular weight is 226 g/mol. The van der Waals surface area contributed by atoms with Crippen LogP contribution in [-0.4, -0.2) is 18.5 Å². The van der Waals surface area contributed by atoms with Crippen LogP contribution in [0.4, 0.5) is 0 Å². The SMILES string of the molecule is CC(C)C(CN=C(NN)NC1CC1)C(C)C. The first-order valence-corrected chi connectivity index (χ1v) is 6.32. The molecule has 0 aromatic rings. The molecule has 0 saturated heterocycles. The summed E-state index contributed by atoms with van der Waals surface area (Å²) >= 11 is 0. The zero-order chi connectivity index (χ0) is 12.1. The fraction of sp³-hybridized carbons (Fsp3) is 0.917. The molecule has 0 aromatic carbocycles. The fourth-order valence-electron chi connectivity index (χ4n) is 1.94. The molecule has 0 spiro atoms. The Bertz CT molecular complexity index is 223. The molecule has 1 aliphatic rings. The lowest BCUT2D eigenvalue weighted by molar-refractivity contribution is 0.297. The van der Waals surface area contributed by atoms with E-state index in [1.807, 2.05) is 0 Å². The molecule has 4 nitrogen and oxygen atoms in total. The van der Waals surface area contributed by atoms with E-state index in [1.165, 1.54) is 12.8 Å². The van der Waals surface area contributed by atoms with Crippen LogP contribution < -0.4 is 16.6 Å². The molecule has 0 atom stereocenters. The monoisotopic (exact) mass is 226 g/mol. The molecular formula is C12H26N4. The molecule has 4 heteroatoms. The van der Waals surface area contributed by atoms with Crippen LogP contribution in [0, 0.1) is 17.8 Å². The number of aliphatic imine (C=N–C) groups is 1. The Morgan fingerprint density at radius 3 is 2.19 bits per heavy atom. The topological polar surface area (TPSA) is 62.4 Å². The van der Waals surface area contributed by atoms with Crippen LogP contribution in [0.3, 0.4) is 0 Å². The van der Waals surface area contributed by atoms with E-state index in [4.69, 9.17) is 5.84 Å². The highest BCUT2D eigenvalue weighted by molar-refractivity contribution is 5.79. The third-order valence-electron chi connectivity index (χ3n) is 3.23. The van der Waals surface area contributed by atoms with E-state index in [-0.39, 0.29) is 0 Å². The van der Waals surface area contributed by atoms with Crippen molar-refractivity contribution in [2.45, 2.75) is 46.6 Å². The number of nitrogens with two attached hydrogens (primary N) is 1. The molecule has 0 unspecified atom stereocenters. The molecule has 1 saturated carbocycles. The Hall–Kier alpha value is -0.770. The molecule has 1 fully saturated rings. The summed E-state index contributed by atoms with van der Waals surface area (Å²) in [4.78, 5) is 4.53. The minimum Gasteiger partial charge on any atom is -0.353 e. The lowest BCUT2D eigenvalue weighted by Gasteiger charge is -2.23. The highest BCUT2D eigenvalue weighted by atomic mass is 15.3. The van der Waals surface area contributed by atoms with Crippen LogP contribution in [-0.2, 0) is 0 Å². The van der Waals surface area contributed by atoms with E-state index >= 15 is 0 Å². The number of nitrogens with zero attached hydrogens (tertiary/aromatic N) is 1. The minimum absolute atomic E-state index is 0.589. The van der Waals surface area contributed by atoms with Crippen molar-refractivity contribution in [3.8, 4) is 0 Å². The van der Waals surface area contributed by atoms with Crippen molar-refractivity contribution < 1.29 is 0 Å². The normalized spacial score (nSPS) is 17.4. The summed E-state index contributed by atoms with van der Waals surface area (Å²) in [6.07, 6.45) is 2.47. The van der Waals surface area contributed by atoms with Crippen LogP contribution >= 0.6 is 0 Å². The van der Waals surface area contributed by atoms with Crippen LogP contribution in [0.1, 0.15) is 40.5 Å². The van der Waals surface area contributed by atoms with Crippen molar-refractivity contribution in [1.82, 2.24) is 10.7 Å². The van der Waals surface area contributed by atoms with Crippen LogP contribution in [0.2, 0.25) is 0 Å². The third-order valence-corrected chi connectivity index (χ3v) is 3.23. The average Bonchev–Trinajstić information content (AvgIpc) is 2.99. The molecule has 94 valence electrons.